The maximum atomic E-state index is 12.8. The average Bonchev–Trinajstić information content (AvgIpc) is 3.04. The Morgan fingerprint density at radius 2 is 1.24 bits per heavy atom. The molecule has 288 valence electrons. The SMILES string of the molecule is COCCOCCOC(=O)CCCNC(=O)CCN(CCNC(=O)CCN(CCN(CC(C)C)C(C)C)CC(C)C)CCC(=O)CCCN. The molecule has 0 fully saturated rings. The molecule has 0 saturated carbocycles. The average molecular weight is 701 g/mol. The summed E-state index contributed by atoms with van der Waals surface area (Å²) in [5.41, 5.74) is 5.55. The van der Waals surface area contributed by atoms with Gasteiger partial charge in [-0.2, -0.15) is 0 Å². The number of nitrogens with one attached hydrogen (secondary N) is 2. The number of carbonyl (C=O) groups is 4. The standard InChI is InChI=1S/C36H72N6O7/c1-30(2)28-41(22-23-42(32(5)6)29-31(3)4)20-14-35(45)39-17-21-40(18-12-33(43)10-8-15-37)19-13-34(44)38-16-9-11-36(46)49-27-26-48-25-24-47-7/h30-32H,8-29,37H2,1-7H3,(H,38,44)(H,39,45). The van der Waals surface area contributed by atoms with Crippen molar-refractivity contribution in [3.8, 4) is 0 Å². The molecule has 2 amide bonds. The van der Waals surface area contributed by atoms with E-state index < -0.39 is 0 Å². The van der Waals surface area contributed by atoms with Gasteiger partial charge >= 0.3 is 5.97 Å². The number of nitrogens with zero attached hydrogens (tertiary/aromatic N) is 3. The van der Waals surface area contributed by atoms with Crippen molar-refractivity contribution in [1.82, 2.24) is 25.3 Å². The summed E-state index contributed by atoms with van der Waals surface area (Å²) in [7, 11) is 1.59. The second-order valence-electron chi connectivity index (χ2n) is 13.8. The summed E-state index contributed by atoms with van der Waals surface area (Å²) in [6.45, 7) is 22.3. The number of amides is 2. The fraction of sp³-hybridized carbons (Fsp3) is 0.889. The molecule has 13 heteroatoms. The third kappa shape index (κ3) is 29.3. The van der Waals surface area contributed by atoms with Crippen molar-refractivity contribution in [2.24, 2.45) is 17.6 Å². The van der Waals surface area contributed by atoms with Crippen LogP contribution in [0.5, 0.6) is 0 Å². The number of nitrogens with two attached hydrogens (primary N) is 1. The molecule has 0 aromatic rings. The third-order valence-corrected chi connectivity index (χ3v) is 7.89. The highest BCUT2D eigenvalue weighted by atomic mass is 16.6. The molecule has 0 aliphatic carbocycles. The van der Waals surface area contributed by atoms with Crippen LogP contribution in [0.4, 0.5) is 0 Å². The van der Waals surface area contributed by atoms with Crippen LogP contribution in [-0.4, -0.2) is 150 Å². The van der Waals surface area contributed by atoms with E-state index in [-0.39, 0.29) is 43.0 Å². The van der Waals surface area contributed by atoms with Gasteiger partial charge in [-0.1, -0.05) is 27.7 Å². The highest BCUT2D eigenvalue weighted by Gasteiger charge is 2.16. The van der Waals surface area contributed by atoms with Gasteiger partial charge in [-0.25, -0.2) is 0 Å². The van der Waals surface area contributed by atoms with E-state index in [1.165, 1.54) is 0 Å². The molecule has 0 rings (SSSR count). The van der Waals surface area contributed by atoms with Gasteiger partial charge < -0.3 is 40.4 Å². The molecule has 0 bridgehead atoms. The van der Waals surface area contributed by atoms with Crippen LogP contribution in [0.25, 0.3) is 0 Å². The monoisotopic (exact) mass is 701 g/mol. The van der Waals surface area contributed by atoms with E-state index in [1.807, 2.05) is 4.90 Å². The van der Waals surface area contributed by atoms with Gasteiger partial charge in [-0.05, 0) is 45.1 Å². The van der Waals surface area contributed by atoms with Gasteiger partial charge in [0.2, 0.25) is 11.8 Å². The van der Waals surface area contributed by atoms with E-state index in [4.69, 9.17) is 19.9 Å². The minimum atomic E-state index is -0.329. The Hall–Kier alpha value is -2.16. The summed E-state index contributed by atoms with van der Waals surface area (Å²) < 4.78 is 15.3. The lowest BCUT2D eigenvalue weighted by molar-refractivity contribution is -0.145. The minimum absolute atomic E-state index is 0.00510. The fourth-order valence-electron chi connectivity index (χ4n) is 5.19. The number of carbonyl (C=O) groups excluding carboxylic acids is 4. The lowest BCUT2D eigenvalue weighted by Crippen LogP contribution is -2.43. The lowest BCUT2D eigenvalue weighted by Gasteiger charge is -2.32. The first-order chi connectivity index (χ1) is 23.4. The first-order valence-corrected chi connectivity index (χ1v) is 18.5. The quantitative estimate of drug-likeness (QED) is 0.0683. The molecule has 0 heterocycles. The van der Waals surface area contributed by atoms with Gasteiger partial charge in [-0.3, -0.25) is 24.1 Å². The second kappa shape index (κ2) is 30.6. The summed E-state index contributed by atoms with van der Waals surface area (Å²) >= 11 is 0. The zero-order valence-corrected chi connectivity index (χ0v) is 32.1. The first kappa shape index (κ1) is 46.8. The van der Waals surface area contributed by atoms with Crippen LogP contribution in [0, 0.1) is 11.8 Å². The zero-order chi connectivity index (χ0) is 36.9. The Balaban J connectivity index is 4.69. The van der Waals surface area contributed by atoms with Crippen molar-refractivity contribution in [3.63, 3.8) is 0 Å². The summed E-state index contributed by atoms with van der Waals surface area (Å²) in [5, 5.41) is 5.90. The molecule has 0 atom stereocenters. The van der Waals surface area contributed by atoms with Crippen LogP contribution in [0.15, 0.2) is 0 Å². The van der Waals surface area contributed by atoms with Crippen LogP contribution in [0.3, 0.4) is 0 Å². The molecule has 0 aliphatic heterocycles. The van der Waals surface area contributed by atoms with E-state index in [0.717, 1.165) is 26.2 Å². The Bertz CT molecular complexity index is 875. The van der Waals surface area contributed by atoms with Crippen molar-refractivity contribution in [2.45, 2.75) is 92.5 Å². The van der Waals surface area contributed by atoms with Crippen LogP contribution in [-0.2, 0) is 33.4 Å². The molecule has 0 aromatic heterocycles. The van der Waals surface area contributed by atoms with Gasteiger partial charge in [0, 0.05) is 111 Å². The van der Waals surface area contributed by atoms with Crippen molar-refractivity contribution in [3.05, 3.63) is 0 Å². The molecule has 13 nitrogen and oxygen atoms in total. The lowest BCUT2D eigenvalue weighted by atomic mass is 10.1. The highest BCUT2D eigenvalue weighted by Crippen LogP contribution is 2.07. The molecular formula is C36H72N6O7. The minimum Gasteiger partial charge on any atom is -0.463 e. The number of rotatable bonds is 33. The van der Waals surface area contributed by atoms with Crippen LogP contribution < -0.4 is 16.4 Å². The van der Waals surface area contributed by atoms with E-state index in [9.17, 15) is 19.2 Å². The van der Waals surface area contributed by atoms with E-state index >= 15 is 0 Å². The maximum Gasteiger partial charge on any atom is 0.305 e. The van der Waals surface area contributed by atoms with Crippen LogP contribution in [0.2, 0.25) is 0 Å². The van der Waals surface area contributed by atoms with Gasteiger partial charge in [0.1, 0.15) is 12.4 Å². The van der Waals surface area contributed by atoms with Crippen molar-refractivity contribution in [2.75, 3.05) is 106 Å². The van der Waals surface area contributed by atoms with Gasteiger partial charge in [-0.15, -0.1) is 0 Å². The van der Waals surface area contributed by atoms with Gasteiger partial charge in [0.05, 0.1) is 19.8 Å². The number of ketones is 1. The number of ether oxygens (including phenoxy) is 3. The Kier molecular flexibility index (Phi) is 29.3. The molecule has 0 aromatic carbocycles. The van der Waals surface area contributed by atoms with E-state index in [2.05, 4.69) is 62.0 Å². The number of hydrogen-bond acceptors (Lipinski definition) is 11. The van der Waals surface area contributed by atoms with Crippen LogP contribution >= 0.6 is 0 Å². The molecule has 0 aliphatic rings. The summed E-state index contributed by atoms with van der Waals surface area (Å²) in [5.74, 6) is 0.813. The Morgan fingerprint density at radius 1 is 0.633 bits per heavy atom. The summed E-state index contributed by atoms with van der Waals surface area (Å²) in [6.07, 6.45) is 2.85. The zero-order valence-electron chi connectivity index (χ0n) is 32.1. The van der Waals surface area contributed by atoms with Crippen molar-refractivity contribution < 1.29 is 33.4 Å². The number of esters is 1. The number of hydrogen-bond donors (Lipinski definition) is 3. The topological polar surface area (TPSA) is 156 Å². The Labute approximate surface area is 297 Å². The molecular weight excluding hydrogens is 628 g/mol. The van der Waals surface area contributed by atoms with Crippen molar-refractivity contribution >= 4 is 23.6 Å². The third-order valence-electron chi connectivity index (χ3n) is 7.89. The Morgan fingerprint density at radius 3 is 1.86 bits per heavy atom. The summed E-state index contributed by atoms with van der Waals surface area (Å²) in [6, 6.07) is 0.482. The highest BCUT2D eigenvalue weighted by molar-refractivity contribution is 5.78. The number of Topliss-reactive ketones (excluding diaryl/α,β-unsaturated/α-hetero) is 1. The first-order valence-electron chi connectivity index (χ1n) is 18.5. The van der Waals surface area contributed by atoms with E-state index in [0.29, 0.717) is 116 Å². The van der Waals surface area contributed by atoms with Gasteiger partial charge in [0.15, 0.2) is 0 Å². The van der Waals surface area contributed by atoms with E-state index in [1.54, 1.807) is 7.11 Å². The van der Waals surface area contributed by atoms with Gasteiger partial charge in [0.25, 0.3) is 0 Å². The summed E-state index contributed by atoms with van der Waals surface area (Å²) in [4.78, 5) is 56.5. The molecule has 0 spiro atoms. The smallest absolute Gasteiger partial charge is 0.305 e. The molecule has 4 N–H and O–H groups in total. The largest absolute Gasteiger partial charge is 0.463 e. The fourth-order valence-corrected chi connectivity index (χ4v) is 5.19. The predicted octanol–water partition coefficient (Wildman–Crippen LogP) is 2.31. The normalized spacial score (nSPS) is 11.8. The molecule has 0 saturated heterocycles. The second-order valence-corrected chi connectivity index (χ2v) is 13.8. The predicted molar refractivity (Wildman–Crippen MR) is 195 cm³/mol. The number of methoxy groups -OCH3 is 1. The molecule has 49 heavy (non-hydrogen) atoms. The van der Waals surface area contributed by atoms with Crippen LogP contribution in [0.1, 0.15) is 86.5 Å². The molecule has 0 unspecified atom stereocenters. The molecule has 0 radical (unpaired) electrons. The van der Waals surface area contributed by atoms with Crippen molar-refractivity contribution in [1.29, 1.82) is 0 Å². The maximum absolute atomic E-state index is 12.8.